The largest absolute Gasteiger partial charge is 0.481 e. The van der Waals surface area contributed by atoms with Crippen molar-refractivity contribution < 1.29 is 14.7 Å². The Morgan fingerprint density at radius 3 is 2.38 bits per heavy atom. The van der Waals surface area contributed by atoms with E-state index in [1.807, 2.05) is 6.07 Å². The quantitative estimate of drug-likeness (QED) is 0.650. The molecular formula is C17H25NO3. The Kier molecular flexibility index (Phi) is 8.17. The minimum Gasteiger partial charge on any atom is -0.481 e. The van der Waals surface area contributed by atoms with Gasteiger partial charge in [0, 0.05) is 13.0 Å². The molecule has 0 heterocycles. The fourth-order valence-electron chi connectivity index (χ4n) is 2.23. The molecule has 0 fully saturated rings. The molecular weight excluding hydrogens is 266 g/mol. The molecule has 1 amide bonds. The summed E-state index contributed by atoms with van der Waals surface area (Å²) in [5.74, 6) is -1.66. The molecule has 1 atom stereocenters. The molecule has 4 heteroatoms. The van der Waals surface area contributed by atoms with E-state index in [1.54, 1.807) is 24.3 Å². The summed E-state index contributed by atoms with van der Waals surface area (Å²) in [6.07, 6.45) is 5.95. The Balaban J connectivity index is 2.34. The van der Waals surface area contributed by atoms with Crippen molar-refractivity contribution in [2.24, 2.45) is 0 Å². The lowest BCUT2D eigenvalue weighted by molar-refractivity contribution is -0.138. The van der Waals surface area contributed by atoms with E-state index < -0.39 is 11.9 Å². The molecule has 0 spiro atoms. The highest BCUT2D eigenvalue weighted by molar-refractivity contribution is 5.79. The Morgan fingerprint density at radius 2 is 1.76 bits per heavy atom. The molecule has 0 aliphatic rings. The van der Waals surface area contributed by atoms with Gasteiger partial charge in [0.2, 0.25) is 5.91 Å². The van der Waals surface area contributed by atoms with E-state index in [0.717, 1.165) is 19.3 Å². The molecule has 0 aromatic heterocycles. The first-order valence-corrected chi connectivity index (χ1v) is 7.69. The number of rotatable bonds is 10. The van der Waals surface area contributed by atoms with Crippen molar-refractivity contribution >= 4 is 11.9 Å². The molecule has 0 saturated carbocycles. The molecule has 0 aliphatic carbocycles. The maximum absolute atomic E-state index is 11.7. The van der Waals surface area contributed by atoms with E-state index in [4.69, 9.17) is 0 Å². The number of carboxylic acid groups (broad SMARTS) is 1. The summed E-state index contributed by atoms with van der Waals surface area (Å²) < 4.78 is 0. The summed E-state index contributed by atoms with van der Waals surface area (Å²) in [7, 11) is 0. The van der Waals surface area contributed by atoms with Crippen LogP contribution in [-0.4, -0.2) is 23.5 Å². The van der Waals surface area contributed by atoms with Crippen LogP contribution in [0.1, 0.15) is 56.9 Å². The van der Waals surface area contributed by atoms with Crippen molar-refractivity contribution in [3.8, 4) is 0 Å². The van der Waals surface area contributed by atoms with E-state index in [-0.39, 0.29) is 12.5 Å². The van der Waals surface area contributed by atoms with Gasteiger partial charge >= 0.3 is 5.97 Å². The number of carbonyl (C=O) groups is 2. The average Bonchev–Trinajstić information content (AvgIpc) is 2.48. The van der Waals surface area contributed by atoms with Gasteiger partial charge in [0.25, 0.3) is 0 Å². The van der Waals surface area contributed by atoms with Crippen LogP contribution in [0.4, 0.5) is 0 Å². The first-order valence-electron chi connectivity index (χ1n) is 7.69. The predicted octanol–water partition coefficient (Wildman–Crippen LogP) is 3.33. The zero-order valence-electron chi connectivity index (χ0n) is 12.7. The number of benzene rings is 1. The Morgan fingerprint density at radius 1 is 1.10 bits per heavy atom. The molecule has 1 rings (SSSR count). The Hall–Kier alpha value is -1.84. The third-order valence-corrected chi connectivity index (χ3v) is 3.51. The molecule has 21 heavy (non-hydrogen) atoms. The van der Waals surface area contributed by atoms with Crippen LogP contribution in [0.15, 0.2) is 30.3 Å². The van der Waals surface area contributed by atoms with Crippen LogP contribution >= 0.6 is 0 Å². The zero-order chi connectivity index (χ0) is 15.5. The van der Waals surface area contributed by atoms with E-state index in [2.05, 4.69) is 12.2 Å². The third kappa shape index (κ3) is 6.93. The average molecular weight is 291 g/mol. The molecule has 0 bridgehead atoms. The number of carbonyl (C=O) groups excluding carboxylic acids is 1. The number of amides is 1. The molecule has 116 valence electrons. The summed E-state index contributed by atoms with van der Waals surface area (Å²) >= 11 is 0. The van der Waals surface area contributed by atoms with Crippen LogP contribution in [0.25, 0.3) is 0 Å². The second-order valence-corrected chi connectivity index (χ2v) is 5.27. The SMILES string of the molecule is CCCCCCCC(=O)NCC(C(=O)O)c1ccccc1. The molecule has 2 N–H and O–H groups in total. The summed E-state index contributed by atoms with van der Waals surface area (Å²) in [6, 6.07) is 9.00. The maximum atomic E-state index is 11.7. The van der Waals surface area contributed by atoms with Gasteiger partial charge in [-0.15, -0.1) is 0 Å². The third-order valence-electron chi connectivity index (χ3n) is 3.51. The van der Waals surface area contributed by atoms with Gasteiger partial charge in [-0.1, -0.05) is 62.9 Å². The first-order chi connectivity index (χ1) is 10.1. The normalized spacial score (nSPS) is 11.9. The van der Waals surface area contributed by atoms with Crippen molar-refractivity contribution in [3.63, 3.8) is 0 Å². The number of hydrogen-bond donors (Lipinski definition) is 2. The molecule has 0 saturated heterocycles. The summed E-state index contributed by atoms with van der Waals surface area (Å²) in [5.41, 5.74) is 0.716. The highest BCUT2D eigenvalue weighted by Crippen LogP contribution is 2.15. The van der Waals surface area contributed by atoms with Crippen LogP contribution < -0.4 is 5.32 Å². The lowest BCUT2D eigenvalue weighted by Gasteiger charge is -2.13. The number of nitrogens with one attached hydrogen (secondary N) is 1. The second kappa shape index (κ2) is 9.97. The van der Waals surface area contributed by atoms with Crippen molar-refractivity contribution in [1.29, 1.82) is 0 Å². The minimum atomic E-state index is -0.913. The minimum absolute atomic E-state index is 0.0614. The first kappa shape index (κ1) is 17.2. The molecule has 1 unspecified atom stereocenters. The topological polar surface area (TPSA) is 66.4 Å². The zero-order valence-corrected chi connectivity index (χ0v) is 12.7. The molecule has 4 nitrogen and oxygen atoms in total. The summed E-state index contributed by atoms with van der Waals surface area (Å²) in [5, 5.41) is 12.0. The van der Waals surface area contributed by atoms with Gasteiger partial charge in [0.05, 0.1) is 5.92 Å². The van der Waals surface area contributed by atoms with Crippen molar-refractivity contribution in [2.75, 3.05) is 6.54 Å². The smallest absolute Gasteiger partial charge is 0.312 e. The van der Waals surface area contributed by atoms with E-state index in [0.29, 0.717) is 12.0 Å². The number of unbranched alkanes of at least 4 members (excludes halogenated alkanes) is 4. The van der Waals surface area contributed by atoms with Crippen molar-refractivity contribution in [2.45, 2.75) is 51.4 Å². The van der Waals surface area contributed by atoms with E-state index >= 15 is 0 Å². The standard InChI is InChI=1S/C17H25NO3/c1-2-3-4-5-9-12-16(19)18-13-15(17(20)21)14-10-7-6-8-11-14/h6-8,10-11,15H,2-5,9,12-13H2,1H3,(H,18,19)(H,20,21). The van der Waals surface area contributed by atoms with Crippen molar-refractivity contribution in [1.82, 2.24) is 5.32 Å². The van der Waals surface area contributed by atoms with Crippen LogP contribution in [0.5, 0.6) is 0 Å². The van der Waals surface area contributed by atoms with E-state index in [1.165, 1.54) is 12.8 Å². The van der Waals surface area contributed by atoms with E-state index in [9.17, 15) is 14.7 Å². The predicted molar refractivity (Wildman–Crippen MR) is 83.2 cm³/mol. The second-order valence-electron chi connectivity index (χ2n) is 5.27. The van der Waals surface area contributed by atoms with Gasteiger partial charge in [-0.3, -0.25) is 9.59 Å². The summed E-state index contributed by atoms with van der Waals surface area (Å²) in [6.45, 7) is 2.30. The van der Waals surface area contributed by atoms with Crippen LogP contribution in [-0.2, 0) is 9.59 Å². The lowest BCUT2D eigenvalue weighted by atomic mass is 9.99. The number of aliphatic carboxylic acids is 1. The monoisotopic (exact) mass is 291 g/mol. The van der Waals surface area contributed by atoms with Gasteiger partial charge < -0.3 is 10.4 Å². The molecule has 1 aromatic rings. The number of hydrogen-bond acceptors (Lipinski definition) is 2. The number of carboxylic acids is 1. The van der Waals surface area contributed by atoms with Crippen LogP contribution in [0.3, 0.4) is 0 Å². The van der Waals surface area contributed by atoms with Crippen LogP contribution in [0, 0.1) is 0 Å². The van der Waals surface area contributed by atoms with Gasteiger partial charge in [-0.2, -0.15) is 0 Å². The molecule has 0 radical (unpaired) electrons. The van der Waals surface area contributed by atoms with Gasteiger partial charge in [-0.25, -0.2) is 0 Å². The molecule has 0 aliphatic heterocycles. The molecule has 1 aromatic carbocycles. The van der Waals surface area contributed by atoms with Crippen molar-refractivity contribution in [3.05, 3.63) is 35.9 Å². The maximum Gasteiger partial charge on any atom is 0.312 e. The van der Waals surface area contributed by atoms with Gasteiger partial charge in [0.1, 0.15) is 0 Å². The highest BCUT2D eigenvalue weighted by Gasteiger charge is 2.20. The fraction of sp³-hybridized carbons (Fsp3) is 0.529. The van der Waals surface area contributed by atoms with Gasteiger partial charge in [0.15, 0.2) is 0 Å². The highest BCUT2D eigenvalue weighted by atomic mass is 16.4. The van der Waals surface area contributed by atoms with Crippen LogP contribution in [0.2, 0.25) is 0 Å². The Bertz CT molecular complexity index is 431. The Labute approximate surface area is 126 Å². The van der Waals surface area contributed by atoms with Gasteiger partial charge in [-0.05, 0) is 12.0 Å². The fourth-order valence-corrected chi connectivity index (χ4v) is 2.23. The lowest BCUT2D eigenvalue weighted by Crippen LogP contribution is -2.31. The summed E-state index contributed by atoms with van der Waals surface area (Å²) in [4.78, 5) is 23.0.